The van der Waals surface area contributed by atoms with Gasteiger partial charge < -0.3 is 10.1 Å². The van der Waals surface area contributed by atoms with Gasteiger partial charge >= 0.3 is 0 Å². The fourth-order valence-electron chi connectivity index (χ4n) is 2.98. The van der Waals surface area contributed by atoms with Crippen molar-refractivity contribution in [2.75, 3.05) is 18.4 Å². The lowest BCUT2D eigenvalue weighted by Gasteiger charge is -2.20. The molecule has 3 aromatic rings. The predicted molar refractivity (Wildman–Crippen MR) is 124 cm³/mol. The minimum Gasteiger partial charge on any atom is -0.454 e. The van der Waals surface area contributed by atoms with E-state index in [0.29, 0.717) is 23.9 Å². The van der Waals surface area contributed by atoms with Gasteiger partial charge in [-0.05, 0) is 42.5 Å². The topological polar surface area (TPSA) is 93.5 Å². The highest BCUT2D eigenvalue weighted by Gasteiger charge is 2.24. The summed E-state index contributed by atoms with van der Waals surface area (Å²) in [5.74, 6) is 0.123. The number of halogens is 2. The van der Waals surface area contributed by atoms with Gasteiger partial charge in [-0.2, -0.15) is 9.40 Å². The molecular formula is C21H22Cl2N4O4S. The molecule has 32 heavy (non-hydrogen) atoms. The van der Waals surface area contributed by atoms with Gasteiger partial charge in [-0.1, -0.05) is 37.0 Å². The normalized spacial score (nSPS) is 11.5. The number of nitrogens with one attached hydrogen (secondary N) is 1. The molecule has 0 atom stereocenters. The number of hydrogen-bond acceptors (Lipinski definition) is 5. The Labute approximate surface area is 196 Å². The van der Waals surface area contributed by atoms with Crippen LogP contribution >= 0.6 is 23.2 Å². The lowest BCUT2D eigenvalue weighted by molar-refractivity contribution is -0.116. The van der Waals surface area contributed by atoms with Crippen molar-refractivity contribution in [2.45, 2.75) is 25.3 Å². The molecule has 170 valence electrons. The minimum atomic E-state index is -3.75. The number of nitrogens with zero attached hydrogens (tertiary/aromatic N) is 3. The molecule has 0 aliphatic heterocycles. The molecule has 2 aromatic carbocycles. The number of amides is 1. The third kappa shape index (κ3) is 5.60. The van der Waals surface area contributed by atoms with E-state index in [4.69, 9.17) is 27.9 Å². The number of hydrogen-bond donors (Lipinski definition) is 1. The first-order chi connectivity index (χ1) is 15.2. The summed E-state index contributed by atoms with van der Waals surface area (Å²) in [5.41, 5.74) is 0.182. The van der Waals surface area contributed by atoms with Gasteiger partial charge in [0.2, 0.25) is 15.9 Å². The molecule has 11 heteroatoms. The van der Waals surface area contributed by atoms with E-state index < -0.39 is 15.9 Å². The Hall–Kier alpha value is -2.59. The van der Waals surface area contributed by atoms with Crippen molar-refractivity contribution >= 4 is 44.8 Å². The predicted octanol–water partition coefficient (Wildman–Crippen LogP) is 4.65. The number of benzene rings is 2. The molecule has 0 radical (unpaired) electrons. The molecule has 0 saturated carbocycles. The van der Waals surface area contributed by atoms with Crippen LogP contribution < -0.4 is 10.1 Å². The SMILES string of the molecule is CCN(CC)S(=O)(=O)c1ccc(Oc2ccc(Cl)cc2Cl)c(NC(=O)Cn2cccn2)c1. The molecule has 1 amide bonds. The van der Waals surface area contributed by atoms with E-state index >= 15 is 0 Å². The van der Waals surface area contributed by atoms with Crippen molar-refractivity contribution < 1.29 is 17.9 Å². The van der Waals surface area contributed by atoms with Gasteiger partial charge in [-0.15, -0.1) is 0 Å². The van der Waals surface area contributed by atoms with Gasteiger partial charge in [0.05, 0.1) is 15.6 Å². The number of rotatable bonds is 9. The minimum absolute atomic E-state index is 0.0325. The van der Waals surface area contributed by atoms with Crippen LogP contribution in [0, 0.1) is 0 Å². The van der Waals surface area contributed by atoms with E-state index in [1.54, 1.807) is 44.4 Å². The highest BCUT2D eigenvalue weighted by atomic mass is 35.5. The van der Waals surface area contributed by atoms with Crippen LogP contribution in [0.1, 0.15) is 13.8 Å². The lowest BCUT2D eigenvalue weighted by atomic mass is 10.2. The van der Waals surface area contributed by atoms with E-state index in [1.165, 1.54) is 33.3 Å². The first-order valence-corrected chi connectivity index (χ1v) is 12.0. The van der Waals surface area contributed by atoms with Crippen LogP contribution in [0.2, 0.25) is 10.0 Å². The summed E-state index contributed by atoms with van der Waals surface area (Å²) in [5, 5.41) is 7.42. The Morgan fingerprint density at radius 3 is 2.47 bits per heavy atom. The van der Waals surface area contributed by atoms with Gasteiger partial charge in [-0.3, -0.25) is 9.48 Å². The van der Waals surface area contributed by atoms with Gasteiger partial charge in [0.25, 0.3) is 0 Å². The third-order valence-electron chi connectivity index (χ3n) is 4.55. The van der Waals surface area contributed by atoms with Crippen LogP contribution in [-0.4, -0.2) is 41.5 Å². The summed E-state index contributed by atoms with van der Waals surface area (Å²) in [6.45, 7) is 4.10. The van der Waals surface area contributed by atoms with Crippen LogP contribution in [0.15, 0.2) is 59.8 Å². The average molecular weight is 497 g/mol. The Morgan fingerprint density at radius 2 is 1.84 bits per heavy atom. The molecule has 1 heterocycles. The summed E-state index contributed by atoms with van der Waals surface area (Å²) in [6.07, 6.45) is 3.20. The lowest BCUT2D eigenvalue weighted by Crippen LogP contribution is -2.30. The summed E-state index contributed by atoms with van der Waals surface area (Å²) in [4.78, 5) is 12.6. The molecule has 0 unspecified atom stereocenters. The Morgan fingerprint density at radius 1 is 1.12 bits per heavy atom. The van der Waals surface area contributed by atoms with Crippen molar-refractivity contribution in [3.63, 3.8) is 0 Å². The number of aromatic nitrogens is 2. The zero-order valence-electron chi connectivity index (χ0n) is 17.5. The molecule has 0 bridgehead atoms. The first-order valence-electron chi connectivity index (χ1n) is 9.79. The number of sulfonamides is 1. The summed E-state index contributed by atoms with van der Waals surface area (Å²) in [6, 6.07) is 10.7. The van der Waals surface area contributed by atoms with Crippen LogP contribution in [0.3, 0.4) is 0 Å². The molecule has 1 aromatic heterocycles. The fraction of sp³-hybridized carbons (Fsp3) is 0.238. The maximum absolute atomic E-state index is 13.0. The van der Waals surface area contributed by atoms with Crippen molar-refractivity contribution in [2.24, 2.45) is 0 Å². The summed E-state index contributed by atoms with van der Waals surface area (Å²) < 4.78 is 34.6. The largest absolute Gasteiger partial charge is 0.454 e. The van der Waals surface area contributed by atoms with Crippen LogP contribution in [0.5, 0.6) is 11.5 Å². The van der Waals surface area contributed by atoms with Crippen LogP contribution in [-0.2, 0) is 21.4 Å². The third-order valence-corrected chi connectivity index (χ3v) is 7.12. The second-order valence-corrected chi connectivity index (χ2v) is 9.46. The molecule has 3 rings (SSSR count). The molecule has 0 spiro atoms. The highest BCUT2D eigenvalue weighted by Crippen LogP contribution is 2.36. The smallest absolute Gasteiger partial charge is 0.246 e. The standard InChI is InChI=1S/C21H22Cl2N4O4S/c1-3-27(4-2)32(29,30)16-7-9-20(31-19-8-6-15(22)12-17(19)23)18(13-16)25-21(28)14-26-11-5-10-24-26/h5-13H,3-4,14H2,1-2H3,(H,25,28). The molecular weight excluding hydrogens is 475 g/mol. The van der Waals surface area contributed by atoms with Gasteiger partial charge in [0, 0.05) is 30.5 Å². The maximum Gasteiger partial charge on any atom is 0.246 e. The molecule has 8 nitrogen and oxygen atoms in total. The van der Waals surface area contributed by atoms with Crippen LogP contribution in [0.4, 0.5) is 5.69 Å². The zero-order chi connectivity index (χ0) is 23.3. The number of carbonyl (C=O) groups is 1. The first kappa shape index (κ1) is 24.1. The molecule has 0 aliphatic rings. The average Bonchev–Trinajstić information content (AvgIpc) is 3.24. The van der Waals surface area contributed by atoms with Crippen molar-refractivity contribution in [1.82, 2.24) is 14.1 Å². The summed E-state index contributed by atoms with van der Waals surface area (Å²) >= 11 is 12.1. The maximum atomic E-state index is 13.0. The number of carbonyl (C=O) groups excluding carboxylic acids is 1. The number of anilines is 1. The van der Waals surface area contributed by atoms with Crippen molar-refractivity contribution in [1.29, 1.82) is 0 Å². The molecule has 0 saturated heterocycles. The van der Waals surface area contributed by atoms with Gasteiger partial charge in [-0.25, -0.2) is 8.42 Å². The summed E-state index contributed by atoms with van der Waals surface area (Å²) in [7, 11) is -3.75. The van der Waals surface area contributed by atoms with Gasteiger partial charge in [0.15, 0.2) is 5.75 Å². The monoisotopic (exact) mass is 496 g/mol. The number of ether oxygens (including phenoxy) is 1. The second-order valence-electron chi connectivity index (χ2n) is 6.68. The zero-order valence-corrected chi connectivity index (χ0v) is 19.8. The van der Waals surface area contributed by atoms with E-state index in [9.17, 15) is 13.2 Å². The highest BCUT2D eigenvalue weighted by molar-refractivity contribution is 7.89. The second kappa shape index (κ2) is 10.4. The Balaban J connectivity index is 1.98. The van der Waals surface area contributed by atoms with Crippen LogP contribution in [0.25, 0.3) is 0 Å². The quantitative estimate of drug-likeness (QED) is 0.465. The van der Waals surface area contributed by atoms with E-state index in [0.717, 1.165) is 0 Å². The molecule has 1 N–H and O–H groups in total. The molecule has 0 aliphatic carbocycles. The van der Waals surface area contributed by atoms with E-state index in [2.05, 4.69) is 10.4 Å². The van der Waals surface area contributed by atoms with E-state index in [1.807, 2.05) is 0 Å². The fourth-order valence-corrected chi connectivity index (χ4v) is 4.91. The van der Waals surface area contributed by atoms with Crippen molar-refractivity contribution in [3.05, 3.63) is 64.9 Å². The van der Waals surface area contributed by atoms with Gasteiger partial charge in [0.1, 0.15) is 12.3 Å². The van der Waals surface area contributed by atoms with Crippen molar-refractivity contribution in [3.8, 4) is 11.5 Å². The Bertz CT molecular complexity index is 1200. The Kier molecular flexibility index (Phi) is 7.78. The van der Waals surface area contributed by atoms with E-state index in [-0.39, 0.29) is 27.9 Å². The molecule has 0 fully saturated rings.